The largest absolute Gasteiger partial charge is 0.356 e. The van der Waals surface area contributed by atoms with E-state index in [-0.39, 0.29) is 35.9 Å². The summed E-state index contributed by atoms with van der Waals surface area (Å²) in [6.45, 7) is 7.79. The summed E-state index contributed by atoms with van der Waals surface area (Å²) >= 11 is 0. The predicted octanol–water partition coefficient (Wildman–Crippen LogP) is 2.54. The molecule has 1 aromatic rings. The number of amides is 3. The van der Waals surface area contributed by atoms with Crippen molar-refractivity contribution >= 4 is 41.9 Å². The van der Waals surface area contributed by atoms with Crippen LogP contribution in [0, 0.1) is 0 Å². The predicted molar refractivity (Wildman–Crippen MR) is 138 cm³/mol. The molecule has 32 heavy (non-hydrogen) atoms. The maximum Gasteiger partial charge on any atom is 0.325 e. The van der Waals surface area contributed by atoms with E-state index in [9.17, 15) is 9.59 Å². The maximum atomic E-state index is 12.5. The second-order valence-electron chi connectivity index (χ2n) is 8.63. The van der Waals surface area contributed by atoms with E-state index < -0.39 is 5.54 Å². The van der Waals surface area contributed by atoms with Crippen LogP contribution in [-0.2, 0) is 11.3 Å². The minimum atomic E-state index is -0.769. The minimum absolute atomic E-state index is 0. The van der Waals surface area contributed by atoms with Crippen LogP contribution in [0.15, 0.2) is 35.3 Å². The number of piperidine rings is 1. The smallest absolute Gasteiger partial charge is 0.325 e. The molecule has 2 fully saturated rings. The highest BCUT2D eigenvalue weighted by atomic mass is 127. The zero-order valence-electron chi connectivity index (χ0n) is 19.4. The zero-order chi connectivity index (χ0) is 22.3. The van der Waals surface area contributed by atoms with Crippen molar-refractivity contribution < 1.29 is 9.59 Å². The molecule has 0 aliphatic carbocycles. The number of hydrogen-bond acceptors (Lipinski definition) is 4. The third-order valence-electron chi connectivity index (χ3n) is 6.22. The summed E-state index contributed by atoms with van der Waals surface area (Å²) in [7, 11) is 1.77. The summed E-state index contributed by atoms with van der Waals surface area (Å²) < 4.78 is 0. The Labute approximate surface area is 208 Å². The molecule has 1 aromatic carbocycles. The number of rotatable bonds is 8. The molecule has 178 valence electrons. The Kier molecular flexibility index (Phi) is 10.2. The van der Waals surface area contributed by atoms with E-state index in [2.05, 4.69) is 50.1 Å². The highest BCUT2D eigenvalue weighted by Crippen LogP contribution is 2.20. The average molecular weight is 556 g/mol. The molecule has 3 rings (SSSR count). The van der Waals surface area contributed by atoms with Crippen molar-refractivity contribution in [1.29, 1.82) is 0 Å². The van der Waals surface area contributed by atoms with Crippen LogP contribution in [0.5, 0.6) is 0 Å². The van der Waals surface area contributed by atoms with Crippen molar-refractivity contribution in [2.45, 2.75) is 57.7 Å². The van der Waals surface area contributed by atoms with Crippen LogP contribution < -0.4 is 16.0 Å². The Morgan fingerprint density at radius 1 is 1.28 bits per heavy atom. The Hall–Kier alpha value is -1.88. The summed E-state index contributed by atoms with van der Waals surface area (Å²) in [5.41, 5.74) is 0.569. The van der Waals surface area contributed by atoms with Gasteiger partial charge in [0.05, 0.1) is 0 Å². The molecule has 2 unspecified atom stereocenters. The number of benzene rings is 1. The number of aliphatic imine (C=N–C) groups is 1. The van der Waals surface area contributed by atoms with Gasteiger partial charge in [-0.25, -0.2) is 4.79 Å². The first-order valence-electron chi connectivity index (χ1n) is 11.3. The fourth-order valence-electron chi connectivity index (χ4n) is 4.18. The van der Waals surface area contributed by atoms with E-state index in [1.165, 1.54) is 10.5 Å². The SMILES string of the molecule is CCC1(C)NC(=O)N(CCCNC(=NC)NC2CCCN(Cc3ccccc3)C2)C1=O.I. The van der Waals surface area contributed by atoms with Crippen LogP contribution in [0.3, 0.4) is 0 Å². The summed E-state index contributed by atoms with van der Waals surface area (Å²) in [5.74, 6) is 0.630. The molecule has 0 bridgehead atoms. The number of halogens is 1. The standard InChI is InChI=1S/C23H36N6O2.HI/c1-4-23(2)20(30)29(22(31)27-23)15-9-13-25-21(24-3)26-19-12-8-14-28(17-19)16-18-10-6-5-7-11-18;/h5-7,10-11,19H,4,8-9,12-17H2,1-3H3,(H,27,31)(H2,24,25,26);1H. The third kappa shape index (κ3) is 6.81. The van der Waals surface area contributed by atoms with Crippen molar-refractivity contribution in [1.82, 2.24) is 25.8 Å². The lowest BCUT2D eigenvalue weighted by molar-refractivity contribution is -0.130. The van der Waals surface area contributed by atoms with Gasteiger partial charge in [-0.05, 0) is 44.7 Å². The monoisotopic (exact) mass is 556 g/mol. The number of carbonyl (C=O) groups excluding carboxylic acids is 2. The van der Waals surface area contributed by atoms with Crippen LogP contribution in [0.2, 0.25) is 0 Å². The average Bonchev–Trinajstić information content (AvgIpc) is 3.00. The van der Waals surface area contributed by atoms with Crippen LogP contribution in [-0.4, -0.2) is 72.5 Å². The number of imide groups is 1. The first-order chi connectivity index (χ1) is 14.9. The molecular formula is C23H37IN6O2. The summed E-state index contributed by atoms with van der Waals surface area (Å²) in [5, 5.41) is 9.64. The number of guanidine groups is 1. The lowest BCUT2D eigenvalue weighted by atomic mass is 9.99. The quantitative estimate of drug-likeness (QED) is 0.151. The highest BCUT2D eigenvalue weighted by molar-refractivity contribution is 14.0. The number of likely N-dealkylation sites (tertiary alicyclic amines) is 1. The Balaban J connectivity index is 0.00000363. The van der Waals surface area contributed by atoms with E-state index in [1.807, 2.05) is 13.0 Å². The Bertz CT molecular complexity index is 790. The fourth-order valence-corrected chi connectivity index (χ4v) is 4.18. The van der Waals surface area contributed by atoms with E-state index in [4.69, 9.17) is 0 Å². The van der Waals surface area contributed by atoms with Gasteiger partial charge in [-0.3, -0.25) is 19.6 Å². The number of hydrogen-bond donors (Lipinski definition) is 3. The fraction of sp³-hybridized carbons (Fsp3) is 0.609. The van der Waals surface area contributed by atoms with Gasteiger partial charge in [0, 0.05) is 39.3 Å². The van der Waals surface area contributed by atoms with Crippen molar-refractivity contribution in [2.75, 3.05) is 33.2 Å². The van der Waals surface area contributed by atoms with Crippen LogP contribution in [0.25, 0.3) is 0 Å². The van der Waals surface area contributed by atoms with Gasteiger partial charge in [-0.15, -0.1) is 24.0 Å². The van der Waals surface area contributed by atoms with Gasteiger partial charge >= 0.3 is 6.03 Å². The minimum Gasteiger partial charge on any atom is -0.356 e. The molecule has 2 heterocycles. The third-order valence-corrected chi connectivity index (χ3v) is 6.22. The van der Waals surface area contributed by atoms with Gasteiger partial charge < -0.3 is 16.0 Å². The molecule has 0 spiro atoms. The Morgan fingerprint density at radius 2 is 2.03 bits per heavy atom. The number of urea groups is 1. The van der Waals surface area contributed by atoms with Gasteiger partial charge in [0.2, 0.25) is 0 Å². The molecule has 3 N–H and O–H groups in total. The highest BCUT2D eigenvalue weighted by Gasteiger charge is 2.45. The topological polar surface area (TPSA) is 89.1 Å². The normalized spacial score (nSPS) is 24.2. The van der Waals surface area contributed by atoms with Gasteiger partial charge in [-0.1, -0.05) is 37.3 Å². The molecule has 9 heteroatoms. The second kappa shape index (κ2) is 12.4. The van der Waals surface area contributed by atoms with E-state index >= 15 is 0 Å². The van der Waals surface area contributed by atoms with Crippen LogP contribution in [0.1, 0.15) is 45.1 Å². The van der Waals surface area contributed by atoms with Gasteiger partial charge in [-0.2, -0.15) is 0 Å². The van der Waals surface area contributed by atoms with Crippen molar-refractivity contribution in [2.24, 2.45) is 4.99 Å². The summed E-state index contributed by atoms with van der Waals surface area (Å²) in [6, 6.07) is 10.6. The molecule has 2 aliphatic rings. The van der Waals surface area contributed by atoms with Crippen molar-refractivity contribution in [3.8, 4) is 0 Å². The van der Waals surface area contributed by atoms with Gasteiger partial charge in [0.15, 0.2) is 5.96 Å². The molecule has 2 aliphatic heterocycles. The van der Waals surface area contributed by atoms with E-state index in [0.29, 0.717) is 32.0 Å². The zero-order valence-corrected chi connectivity index (χ0v) is 21.7. The molecule has 3 amide bonds. The first-order valence-corrected chi connectivity index (χ1v) is 11.3. The number of nitrogens with zero attached hydrogens (tertiary/aromatic N) is 3. The molecule has 2 saturated heterocycles. The van der Waals surface area contributed by atoms with Gasteiger partial charge in [0.1, 0.15) is 5.54 Å². The van der Waals surface area contributed by atoms with Crippen molar-refractivity contribution in [3.63, 3.8) is 0 Å². The molecule has 8 nitrogen and oxygen atoms in total. The summed E-state index contributed by atoms with van der Waals surface area (Å²) in [4.78, 5) is 32.7. The molecule has 0 radical (unpaired) electrons. The molecular weight excluding hydrogens is 519 g/mol. The lowest BCUT2D eigenvalue weighted by Crippen LogP contribution is -2.51. The lowest BCUT2D eigenvalue weighted by Gasteiger charge is -2.34. The molecule has 0 saturated carbocycles. The number of carbonyl (C=O) groups is 2. The number of nitrogens with one attached hydrogen (secondary N) is 3. The van der Waals surface area contributed by atoms with E-state index in [0.717, 1.165) is 38.4 Å². The van der Waals surface area contributed by atoms with Crippen molar-refractivity contribution in [3.05, 3.63) is 35.9 Å². The molecule has 2 atom stereocenters. The van der Waals surface area contributed by atoms with Crippen LogP contribution in [0.4, 0.5) is 4.79 Å². The summed E-state index contributed by atoms with van der Waals surface area (Å²) in [6.07, 6.45) is 3.53. The first kappa shape index (κ1) is 26.4. The molecule has 0 aromatic heterocycles. The van der Waals surface area contributed by atoms with Crippen LogP contribution >= 0.6 is 24.0 Å². The maximum absolute atomic E-state index is 12.5. The Morgan fingerprint density at radius 3 is 2.69 bits per heavy atom. The van der Waals surface area contributed by atoms with Gasteiger partial charge in [0.25, 0.3) is 5.91 Å². The van der Waals surface area contributed by atoms with E-state index in [1.54, 1.807) is 14.0 Å². The second-order valence-corrected chi connectivity index (χ2v) is 8.63.